The monoisotopic (exact) mass is 390 g/mol. The second-order valence-corrected chi connectivity index (χ2v) is 6.28. The summed E-state index contributed by atoms with van der Waals surface area (Å²) < 4.78 is 10.6. The van der Waals surface area contributed by atoms with E-state index in [0.717, 1.165) is 11.3 Å². The van der Waals surface area contributed by atoms with E-state index in [1.807, 2.05) is 24.3 Å². The molecule has 3 heterocycles. The number of carbonyl (C=O) groups excluding carboxylic acids is 2. The van der Waals surface area contributed by atoms with Crippen molar-refractivity contribution in [2.45, 2.75) is 13.1 Å². The van der Waals surface area contributed by atoms with E-state index >= 15 is 0 Å². The molecule has 0 spiro atoms. The van der Waals surface area contributed by atoms with E-state index in [4.69, 9.17) is 9.47 Å². The smallest absolute Gasteiger partial charge is 0.270 e. The molecule has 1 aliphatic rings. The van der Waals surface area contributed by atoms with Gasteiger partial charge in [-0.2, -0.15) is 0 Å². The van der Waals surface area contributed by atoms with Gasteiger partial charge in [-0.15, -0.1) is 0 Å². The molecule has 2 N–H and O–H groups in total. The van der Waals surface area contributed by atoms with Gasteiger partial charge in [0.05, 0.1) is 12.2 Å². The lowest BCUT2D eigenvalue weighted by Crippen LogP contribution is -2.27. The Morgan fingerprint density at radius 1 is 0.862 bits per heavy atom. The third-order valence-electron chi connectivity index (χ3n) is 4.26. The molecule has 2 aromatic heterocycles. The number of carbonyl (C=O) groups is 2. The minimum Gasteiger partial charge on any atom is -0.454 e. The van der Waals surface area contributed by atoms with Crippen LogP contribution in [0.15, 0.2) is 60.8 Å². The van der Waals surface area contributed by atoms with Crippen LogP contribution in [0.5, 0.6) is 11.5 Å². The first-order chi connectivity index (χ1) is 14.2. The molecule has 1 aromatic carbocycles. The van der Waals surface area contributed by atoms with Gasteiger partial charge in [0.2, 0.25) is 6.79 Å². The number of rotatable bonds is 6. The molecule has 4 rings (SSSR count). The van der Waals surface area contributed by atoms with Gasteiger partial charge in [0.15, 0.2) is 11.5 Å². The minimum absolute atomic E-state index is 0.163. The predicted octanol–water partition coefficient (Wildman–Crippen LogP) is 2.07. The highest BCUT2D eigenvalue weighted by molar-refractivity contribution is 5.96. The molecular weight excluding hydrogens is 372 g/mol. The van der Waals surface area contributed by atoms with Crippen molar-refractivity contribution >= 4 is 11.8 Å². The molecule has 146 valence electrons. The molecule has 0 unspecified atom stereocenters. The summed E-state index contributed by atoms with van der Waals surface area (Å²) in [5.74, 6) is 0.593. The summed E-state index contributed by atoms with van der Waals surface area (Å²) in [6.45, 7) is 0.777. The van der Waals surface area contributed by atoms with Crippen LogP contribution in [0.3, 0.4) is 0 Å². The van der Waals surface area contributed by atoms with Crippen molar-refractivity contribution < 1.29 is 19.1 Å². The van der Waals surface area contributed by atoms with Crippen LogP contribution in [0.1, 0.15) is 32.2 Å². The Balaban J connectivity index is 1.36. The zero-order valence-electron chi connectivity index (χ0n) is 15.4. The maximum absolute atomic E-state index is 12.4. The van der Waals surface area contributed by atoms with Gasteiger partial charge in [0.25, 0.3) is 11.8 Å². The zero-order chi connectivity index (χ0) is 20.1. The fourth-order valence-corrected chi connectivity index (χ4v) is 2.78. The van der Waals surface area contributed by atoms with E-state index in [-0.39, 0.29) is 36.5 Å². The molecule has 1 aliphatic heterocycles. The number of nitrogens with one attached hydrogen (secondary N) is 2. The van der Waals surface area contributed by atoms with Crippen LogP contribution >= 0.6 is 0 Å². The molecule has 29 heavy (non-hydrogen) atoms. The highest BCUT2D eigenvalue weighted by Gasteiger charge is 2.15. The molecule has 0 saturated heterocycles. The van der Waals surface area contributed by atoms with Gasteiger partial charge in [-0.3, -0.25) is 14.6 Å². The molecule has 0 bridgehead atoms. The number of hydrogen-bond donors (Lipinski definition) is 2. The summed E-state index contributed by atoms with van der Waals surface area (Å²) in [7, 11) is 0. The van der Waals surface area contributed by atoms with Gasteiger partial charge < -0.3 is 20.1 Å². The summed E-state index contributed by atoms with van der Waals surface area (Å²) in [5.41, 5.74) is 1.93. The fourth-order valence-electron chi connectivity index (χ4n) is 2.78. The number of hydrogen-bond acceptors (Lipinski definition) is 6. The van der Waals surface area contributed by atoms with E-state index in [2.05, 4.69) is 20.6 Å². The van der Waals surface area contributed by atoms with Crippen molar-refractivity contribution in [1.82, 2.24) is 20.6 Å². The lowest BCUT2D eigenvalue weighted by atomic mass is 10.2. The molecular formula is C21H18N4O4. The Morgan fingerprint density at radius 3 is 2.38 bits per heavy atom. The van der Waals surface area contributed by atoms with Gasteiger partial charge >= 0.3 is 0 Å². The zero-order valence-corrected chi connectivity index (χ0v) is 15.4. The van der Waals surface area contributed by atoms with Crippen molar-refractivity contribution in [1.29, 1.82) is 0 Å². The molecule has 3 aromatic rings. The Hall–Kier alpha value is -3.94. The third kappa shape index (κ3) is 4.49. The first kappa shape index (κ1) is 18.4. The largest absolute Gasteiger partial charge is 0.454 e. The summed E-state index contributed by atoms with van der Waals surface area (Å²) in [4.78, 5) is 33.1. The van der Waals surface area contributed by atoms with E-state index in [9.17, 15) is 9.59 Å². The number of amides is 2. The van der Waals surface area contributed by atoms with E-state index in [0.29, 0.717) is 18.0 Å². The normalized spacial score (nSPS) is 11.7. The number of ether oxygens (including phenoxy) is 2. The van der Waals surface area contributed by atoms with Crippen molar-refractivity contribution in [2.75, 3.05) is 6.79 Å². The second kappa shape index (κ2) is 8.39. The standard InChI is InChI=1S/C21H18N4O4/c26-20(23-11-14-7-8-18-19(10-14)29-13-28-18)16-5-3-6-17(25-16)21(27)24-12-15-4-1-2-9-22-15/h1-10H,11-13H2,(H,23,26)(H,24,27). The van der Waals surface area contributed by atoms with Crippen molar-refractivity contribution in [3.8, 4) is 11.5 Å². The molecule has 0 atom stereocenters. The molecule has 2 amide bonds. The van der Waals surface area contributed by atoms with E-state index < -0.39 is 0 Å². The van der Waals surface area contributed by atoms with E-state index in [1.165, 1.54) is 0 Å². The molecule has 0 aliphatic carbocycles. The topological polar surface area (TPSA) is 102 Å². The van der Waals surface area contributed by atoms with Gasteiger partial charge in [0.1, 0.15) is 11.4 Å². The number of aromatic nitrogens is 2. The van der Waals surface area contributed by atoms with Gasteiger partial charge in [-0.05, 0) is 42.0 Å². The maximum atomic E-state index is 12.4. The Labute approximate surface area is 166 Å². The van der Waals surface area contributed by atoms with Gasteiger partial charge in [-0.1, -0.05) is 18.2 Å². The molecule has 0 fully saturated rings. The molecule has 0 saturated carbocycles. The van der Waals surface area contributed by atoms with Gasteiger partial charge in [0, 0.05) is 12.7 Å². The average molecular weight is 390 g/mol. The van der Waals surface area contributed by atoms with Crippen LogP contribution in [-0.2, 0) is 13.1 Å². The maximum Gasteiger partial charge on any atom is 0.270 e. The van der Waals surface area contributed by atoms with E-state index in [1.54, 1.807) is 36.5 Å². The van der Waals surface area contributed by atoms with Crippen LogP contribution in [-0.4, -0.2) is 28.6 Å². The lowest BCUT2D eigenvalue weighted by molar-refractivity contribution is 0.0941. The van der Waals surface area contributed by atoms with Gasteiger partial charge in [-0.25, -0.2) is 4.98 Å². The highest BCUT2D eigenvalue weighted by Crippen LogP contribution is 2.32. The second-order valence-electron chi connectivity index (χ2n) is 6.28. The molecule has 8 nitrogen and oxygen atoms in total. The summed E-state index contributed by atoms with van der Waals surface area (Å²) in [5, 5.41) is 5.53. The number of fused-ring (bicyclic) bond motifs is 1. The third-order valence-corrected chi connectivity index (χ3v) is 4.26. The molecule has 8 heteroatoms. The first-order valence-electron chi connectivity index (χ1n) is 9.01. The van der Waals surface area contributed by atoms with Crippen LogP contribution in [0, 0.1) is 0 Å². The summed E-state index contributed by atoms with van der Waals surface area (Å²) >= 11 is 0. The van der Waals surface area contributed by atoms with Crippen molar-refractivity contribution in [2.24, 2.45) is 0 Å². The SMILES string of the molecule is O=C(NCc1ccc2c(c1)OCO2)c1cccc(C(=O)NCc2ccccn2)n1. The summed E-state index contributed by atoms with van der Waals surface area (Å²) in [6, 6.07) is 15.7. The minimum atomic E-state index is -0.374. The van der Waals surface area contributed by atoms with Crippen molar-refractivity contribution in [3.63, 3.8) is 0 Å². The lowest BCUT2D eigenvalue weighted by Gasteiger charge is -2.08. The Bertz CT molecular complexity index is 1040. The Morgan fingerprint density at radius 2 is 1.62 bits per heavy atom. The number of pyridine rings is 2. The molecule has 0 radical (unpaired) electrons. The first-order valence-corrected chi connectivity index (χ1v) is 9.01. The number of nitrogens with zero attached hydrogens (tertiary/aromatic N) is 2. The van der Waals surface area contributed by atoms with Crippen LogP contribution in [0.2, 0.25) is 0 Å². The average Bonchev–Trinajstić information content (AvgIpc) is 3.24. The fraction of sp³-hybridized carbons (Fsp3) is 0.143. The quantitative estimate of drug-likeness (QED) is 0.668. The number of benzene rings is 1. The Kier molecular flexibility index (Phi) is 5.33. The highest BCUT2D eigenvalue weighted by atomic mass is 16.7. The van der Waals surface area contributed by atoms with Crippen LogP contribution < -0.4 is 20.1 Å². The predicted molar refractivity (Wildman–Crippen MR) is 103 cm³/mol. The summed E-state index contributed by atoms with van der Waals surface area (Å²) in [6.07, 6.45) is 1.66. The van der Waals surface area contributed by atoms with Crippen LogP contribution in [0.25, 0.3) is 0 Å². The van der Waals surface area contributed by atoms with Crippen LogP contribution in [0.4, 0.5) is 0 Å². The van der Waals surface area contributed by atoms with Crippen molar-refractivity contribution in [3.05, 3.63) is 83.4 Å².